The number of pyridine rings is 2. The van der Waals surface area contributed by atoms with Gasteiger partial charge in [-0.05, 0) is 52.3 Å². The zero-order valence-electron chi connectivity index (χ0n) is 18.5. The molecule has 0 radical (unpaired) electrons. The van der Waals surface area contributed by atoms with Crippen LogP contribution in [-0.4, -0.2) is 35.3 Å². The van der Waals surface area contributed by atoms with E-state index in [2.05, 4.69) is 51.3 Å². The van der Waals surface area contributed by atoms with Crippen LogP contribution < -0.4 is 4.74 Å². The lowest BCUT2D eigenvalue weighted by atomic mass is 10.2. The molecule has 5 aromatic heterocycles. The molecule has 0 fully saturated rings. The average Bonchev–Trinajstić information content (AvgIpc) is 3.68. The Morgan fingerprint density at radius 1 is 0.919 bits per heavy atom. The first-order chi connectivity index (χ1) is 18.0. The molecule has 1 unspecified atom stereocenters. The lowest BCUT2D eigenvalue weighted by molar-refractivity contribution is 0.203. The van der Waals surface area contributed by atoms with Crippen LogP contribution in [-0.2, 0) is 6.42 Å². The van der Waals surface area contributed by atoms with Crippen LogP contribution in [0.2, 0.25) is 0 Å². The summed E-state index contributed by atoms with van der Waals surface area (Å²) in [5, 5.41) is 14.8. The van der Waals surface area contributed by atoms with Crippen LogP contribution in [0.1, 0.15) is 29.3 Å². The summed E-state index contributed by atoms with van der Waals surface area (Å²) >= 11 is 4.98. The maximum atomic E-state index is 13.1. The molecule has 0 bridgehead atoms. The number of hydrogen-bond acceptors (Lipinski definition) is 11. The summed E-state index contributed by atoms with van der Waals surface area (Å²) in [5.41, 5.74) is 3.78. The third kappa shape index (κ3) is 6.16. The highest BCUT2D eigenvalue weighted by molar-refractivity contribution is 9.10. The fraction of sp³-hybridized carbons (Fsp3) is 0.0870. The second-order valence-corrected chi connectivity index (χ2v) is 9.00. The van der Waals surface area contributed by atoms with Gasteiger partial charge in [-0.2, -0.15) is 0 Å². The van der Waals surface area contributed by atoms with Gasteiger partial charge >= 0.3 is 0 Å². The van der Waals surface area contributed by atoms with Gasteiger partial charge in [0, 0.05) is 10.2 Å². The number of thiazole rings is 1. The molecule has 10 nitrogen and oxygen atoms in total. The summed E-state index contributed by atoms with van der Waals surface area (Å²) in [6.45, 7) is 0. The zero-order valence-corrected chi connectivity index (χ0v) is 20.9. The molecule has 186 valence electrons. The van der Waals surface area contributed by atoms with Gasteiger partial charge in [0.25, 0.3) is 5.89 Å². The van der Waals surface area contributed by atoms with E-state index in [-0.39, 0.29) is 11.7 Å². The van der Waals surface area contributed by atoms with Gasteiger partial charge in [0.1, 0.15) is 17.4 Å². The summed E-state index contributed by atoms with van der Waals surface area (Å²) in [6.07, 6.45) is 4.41. The molecular weight excluding hydrogens is 572 g/mol. The summed E-state index contributed by atoms with van der Waals surface area (Å²) in [6, 6.07) is 9.42. The number of halogens is 3. The highest BCUT2D eigenvalue weighted by atomic mass is 79.9. The van der Waals surface area contributed by atoms with Gasteiger partial charge in [0.05, 0.1) is 40.2 Å². The van der Waals surface area contributed by atoms with Crippen molar-refractivity contribution in [1.82, 2.24) is 35.3 Å². The van der Waals surface area contributed by atoms with Crippen LogP contribution in [0.25, 0.3) is 10.2 Å². The van der Waals surface area contributed by atoms with E-state index in [9.17, 15) is 8.78 Å². The Morgan fingerprint density at radius 2 is 1.70 bits per heavy atom. The molecule has 0 saturated carbocycles. The Kier molecular flexibility index (Phi) is 7.46. The van der Waals surface area contributed by atoms with Crippen LogP contribution >= 0.6 is 27.3 Å². The molecular formula is C23H14BrF2N7O3S. The van der Waals surface area contributed by atoms with Crippen LogP contribution in [0.5, 0.6) is 5.75 Å². The number of rotatable bonds is 6. The molecule has 0 amide bonds. The van der Waals surface area contributed by atoms with Crippen molar-refractivity contribution in [1.29, 1.82) is 0 Å². The average molecular weight is 586 g/mol. The molecule has 0 aliphatic heterocycles. The fourth-order valence-corrected chi connectivity index (χ4v) is 4.52. The van der Waals surface area contributed by atoms with E-state index in [0.29, 0.717) is 29.4 Å². The molecule has 6 aromatic rings. The van der Waals surface area contributed by atoms with Crippen molar-refractivity contribution in [2.75, 3.05) is 0 Å². The van der Waals surface area contributed by atoms with E-state index < -0.39 is 11.9 Å². The van der Waals surface area contributed by atoms with E-state index in [0.717, 1.165) is 27.1 Å². The quantitative estimate of drug-likeness (QED) is 0.253. The first kappa shape index (κ1) is 24.5. The Labute approximate surface area is 219 Å². The minimum atomic E-state index is -0.745. The molecule has 1 aromatic carbocycles. The molecule has 1 atom stereocenters. The summed E-state index contributed by atoms with van der Waals surface area (Å²) in [4.78, 5) is 12.2. The third-order valence-corrected chi connectivity index (χ3v) is 6.14. The maximum absolute atomic E-state index is 13.1. The predicted molar refractivity (Wildman–Crippen MR) is 130 cm³/mol. The van der Waals surface area contributed by atoms with Gasteiger partial charge in [0.2, 0.25) is 24.8 Å². The molecule has 0 aliphatic rings. The monoisotopic (exact) mass is 585 g/mol. The van der Waals surface area contributed by atoms with Crippen LogP contribution in [0.15, 0.2) is 80.4 Å². The zero-order chi connectivity index (χ0) is 25.6. The second kappa shape index (κ2) is 11.3. The highest BCUT2D eigenvalue weighted by Gasteiger charge is 2.23. The lowest BCUT2D eigenvalue weighted by Crippen LogP contribution is -2.12. The molecule has 0 aliphatic carbocycles. The van der Waals surface area contributed by atoms with Crippen LogP contribution in [0, 0.1) is 11.6 Å². The van der Waals surface area contributed by atoms with Gasteiger partial charge in [-0.3, -0.25) is 9.97 Å². The molecule has 14 heteroatoms. The van der Waals surface area contributed by atoms with E-state index >= 15 is 0 Å². The number of benzene rings is 1. The number of ether oxygens (including phenoxy) is 1. The van der Waals surface area contributed by atoms with Crippen LogP contribution in [0.4, 0.5) is 8.78 Å². The van der Waals surface area contributed by atoms with Gasteiger partial charge < -0.3 is 13.6 Å². The Hall–Kier alpha value is -4.17. The minimum Gasteiger partial charge on any atom is -0.474 e. The van der Waals surface area contributed by atoms with Gasteiger partial charge in [-0.15, -0.1) is 31.7 Å². The number of nitrogens with zero attached hydrogens (tertiary/aromatic N) is 7. The molecule has 0 spiro atoms. The minimum absolute atomic E-state index is 0.231. The van der Waals surface area contributed by atoms with Gasteiger partial charge in [0.15, 0.2) is 0 Å². The molecule has 37 heavy (non-hydrogen) atoms. The fourth-order valence-electron chi connectivity index (χ4n) is 3.12. The summed E-state index contributed by atoms with van der Waals surface area (Å²) in [5.74, 6) is 0.493. The van der Waals surface area contributed by atoms with Gasteiger partial charge in [-0.25, -0.2) is 13.8 Å². The van der Waals surface area contributed by atoms with E-state index in [1.807, 2.05) is 6.07 Å². The third-order valence-electron chi connectivity index (χ3n) is 4.76. The van der Waals surface area contributed by atoms with E-state index in [1.165, 1.54) is 42.3 Å². The lowest BCUT2D eigenvalue weighted by Gasteiger charge is -2.15. The van der Waals surface area contributed by atoms with Crippen molar-refractivity contribution in [2.45, 2.75) is 12.5 Å². The highest BCUT2D eigenvalue weighted by Crippen LogP contribution is 2.34. The molecule has 0 saturated heterocycles. The standard InChI is InChI=1S/C15H8BrFN4O2S.C8H6FN3O/c16-10-3-9(4-12-13(10)19-7-24-12)23-14(15-21-20-6-22-15)11-2-1-8(17)5-18-11;9-6-1-2-7(10-4-6)3-8-12-11-5-13-8/h1-7,14H;1-2,4-5H,3H2. The first-order valence-electron chi connectivity index (χ1n) is 10.5. The molecule has 0 N–H and O–H groups in total. The topological polar surface area (TPSA) is 126 Å². The Bertz CT molecular complexity index is 1570. The van der Waals surface area contributed by atoms with Crippen molar-refractivity contribution < 1.29 is 22.4 Å². The van der Waals surface area contributed by atoms with E-state index in [4.69, 9.17) is 13.6 Å². The van der Waals surface area contributed by atoms with Gasteiger partial charge in [-0.1, -0.05) is 0 Å². The Balaban J connectivity index is 0.000000182. The van der Waals surface area contributed by atoms with Crippen LogP contribution in [0.3, 0.4) is 0 Å². The number of hydrogen-bond donors (Lipinski definition) is 0. The second-order valence-electron chi connectivity index (χ2n) is 7.26. The van der Waals surface area contributed by atoms with E-state index in [1.54, 1.807) is 17.6 Å². The van der Waals surface area contributed by atoms with Crippen molar-refractivity contribution in [3.8, 4) is 5.75 Å². The maximum Gasteiger partial charge on any atom is 0.263 e. The summed E-state index contributed by atoms with van der Waals surface area (Å²) < 4.78 is 43.6. The SMILES string of the molecule is Fc1ccc(C(Oc2cc(Br)c3ncsc3c2)c2nnco2)nc1.Fc1ccc(Cc2nnco2)nc1. The predicted octanol–water partition coefficient (Wildman–Crippen LogP) is 5.34. The van der Waals surface area contributed by atoms with Crippen molar-refractivity contribution in [3.05, 3.63) is 106 Å². The normalized spacial score (nSPS) is 11.6. The number of fused-ring (bicyclic) bond motifs is 1. The first-order valence-corrected chi connectivity index (χ1v) is 12.1. The number of aromatic nitrogens is 7. The van der Waals surface area contributed by atoms with Crippen molar-refractivity contribution in [2.24, 2.45) is 0 Å². The molecule has 6 rings (SSSR count). The largest absolute Gasteiger partial charge is 0.474 e. The van der Waals surface area contributed by atoms with Crippen molar-refractivity contribution in [3.63, 3.8) is 0 Å². The van der Waals surface area contributed by atoms with Crippen molar-refractivity contribution >= 4 is 37.5 Å². The molecule has 5 heterocycles. The summed E-state index contributed by atoms with van der Waals surface area (Å²) in [7, 11) is 0. The smallest absolute Gasteiger partial charge is 0.263 e. The Morgan fingerprint density at radius 3 is 2.38 bits per heavy atom.